The Morgan fingerprint density at radius 3 is 2.25 bits per heavy atom. The maximum atomic E-state index is 12.7. The smallest absolute Gasteiger partial charge is 0.238 e. The molecule has 150 valence electrons. The number of hydrogen-bond donors (Lipinski definition) is 1. The standard InChI is InChI=1S/C22H29N3O3/c1-5-25(15-21(26)23-19-11-13-20(28-4)14-12-19)16-22(27)24(3)17(2)18-9-7-6-8-10-18/h6-14,17H,5,15-16H2,1-4H3,(H,23,26)/t17-/m1/s1. The van der Waals surface area contributed by atoms with E-state index in [0.717, 1.165) is 11.3 Å². The predicted molar refractivity (Wildman–Crippen MR) is 111 cm³/mol. The third kappa shape index (κ3) is 6.09. The molecule has 0 fully saturated rings. The number of benzene rings is 2. The Bertz CT molecular complexity index is 762. The zero-order valence-corrected chi connectivity index (χ0v) is 17.0. The molecule has 1 N–H and O–H groups in total. The zero-order chi connectivity index (χ0) is 20.5. The first-order chi connectivity index (χ1) is 13.4. The molecule has 2 rings (SSSR count). The van der Waals surface area contributed by atoms with Gasteiger partial charge in [0.1, 0.15) is 5.75 Å². The van der Waals surface area contributed by atoms with Gasteiger partial charge in [0, 0.05) is 12.7 Å². The lowest BCUT2D eigenvalue weighted by Crippen LogP contribution is -2.42. The summed E-state index contributed by atoms with van der Waals surface area (Å²) in [4.78, 5) is 28.6. The van der Waals surface area contributed by atoms with Crippen LogP contribution in [0.15, 0.2) is 54.6 Å². The zero-order valence-electron chi connectivity index (χ0n) is 17.0. The minimum atomic E-state index is -0.154. The fraction of sp³-hybridized carbons (Fsp3) is 0.364. The highest BCUT2D eigenvalue weighted by molar-refractivity contribution is 5.92. The molecule has 28 heavy (non-hydrogen) atoms. The molecule has 0 aliphatic rings. The number of carbonyl (C=O) groups excluding carboxylic acids is 2. The third-order valence-electron chi connectivity index (χ3n) is 4.80. The molecule has 0 saturated carbocycles. The van der Waals surface area contributed by atoms with Gasteiger partial charge in [-0.15, -0.1) is 0 Å². The maximum absolute atomic E-state index is 12.7. The Morgan fingerprint density at radius 2 is 1.68 bits per heavy atom. The molecule has 0 unspecified atom stereocenters. The monoisotopic (exact) mass is 383 g/mol. The fourth-order valence-electron chi connectivity index (χ4n) is 2.83. The highest BCUT2D eigenvalue weighted by Gasteiger charge is 2.20. The summed E-state index contributed by atoms with van der Waals surface area (Å²) in [7, 11) is 3.39. The van der Waals surface area contributed by atoms with Crippen LogP contribution >= 0.6 is 0 Å². The largest absolute Gasteiger partial charge is 0.497 e. The number of likely N-dealkylation sites (N-methyl/N-ethyl adjacent to an activating group) is 2. The Balaban J connectivity index is 1.89. The summed E-state index contributed by atoms with van der Waals surface area (Å²) < 4.78 is 5.11. The lowest BCUT2D eigenvalue weighted by Gasteiger charge is -2.28. The van der Waals surface area contributed by atoms with Crippen LogP contribution in [0.4, 0.5) is 5.69 Å². The summed E-state index contributed by atoms with van der Waals surface area (Å²) in [6.07, 6.45) is 0. The number of hydrogen-bond acceptors (Lipinski definition) is 4. The molecule has 6 nitrogen and oxygen atoms in total. The molecule has 0 saturated heterocycles. The van der Waals surface area contributed by atoms with Gasteiger partial charge < -0.3 is 15.0 Å². The molecule has 1 atom stereocenters. The van der Waals surface area contributed by atoms with E-state index >= 15 is 0 Å². The van der Waals surface area contributed by atoms with Gasteiger partial charge in [-0.1, -0.05) is 37.3 Å². The number of anilines is 1. The van der Waals surface area contributed by atoms with Crippen LogP contribution in [-0.4, -0.2) is 55.4 Å². The van der Waals surface area contributed by atoms with Crippen molar-refractivity contribution in [2.45, 2.75) is 19.9 Å². The molecular formula is C22H29N3O3. The molecule has 2 aromatic carbocycles. The Labute approximate surface area is 167 Å². The van der Waals surface area contributed by atoms with Crippen LogP contribution in [0.3, 0.4) is 0 Å². The summed E-state index contributed by atoms with van der Waals surface area (Å²) in [6.45, 7) is 4.89. The number of carbonyl (C=O) groups is 2. The average molecular weight is 383 g/mol. The molecule has 6 heteroatoms. The number of rotatable bonds is 9. The van der Waals surface area contributed by atoms with Crippen molar-refractivity contribution in [2.75, 3.05) is 39.1 Å². The molecule has 0 spiro atoms. The number of methoxy groups -OCH3 is 1. The first kappa shape index (κ1) is 21.4. The lowest BCUT2D eigenvalue weighted by atomic mass is 10.1. The summed E-state index contributed by atoms with van der Waals surface area (Å²) in [5.41, 5.74) is 1.78. The van der Waals surface area contributed by atoms with E-state index in [1.165, 1.54) is 0 Å². The van der Waals surface area contributed by atoms with Crippen molar-refractivity contribution in [3.63, 3.8) is 0 Å². The van der Waals surface area contributed by atoms with Gasteiger partial charge in [-0.05, 0) is 43.3 Å². The van der Waals surface area contributed by atoms with Gasteiger partial charge in [0.2, 0.25) is 11.8 Å². The van der Waals surface area contributed by atoms with E-state index in [9.17, 15) is 9.59 Å². The SMILES string of the molecule is CCN(CC(=O)Nc1ccc(OC)cc1)CC(=O)N(C)[C@H](C)c1ccccc1. The first-order valence-electron chi connectivity index (χ1n) is 9.41. The first-order valence-corrected chi connectivity index (χ1v) is 9.41. The third-order valence-corrected chi connectivity index (χ3v) is 4.80. The summed E-state index contributed by atoms with van der Waals surface area (Å²) >= 11 is 0. The second-order valence-corrected chi connectivity index (χ2v) is 6.67. The van der Waals surface area contributed by atoms with Crippen LogP contribution in [0.5, 0.6) is 5.75 Å². The quantitative estimate of drug-likeness (QED) is 0.722. The van der Waals surface area contributed by atoms with Crippen molar-refractivity contribution in [1.29, 1.82) is 0 Å². The molecule has 0 aromatic heterocycles. The summed E-state index contributed by atoms with van der Waals surface area (Å²) in [6, 6.07) is 17.0. The molecule has 2 amide bonds. The van der Waals surface area contributed by atoms with Gasteiger partial charge in [-0.2, -0.15) is 0 Å². The second-order valence-electron chi connectivity index (χ2n) is 6.67. The van der Waals surface area contributed by atoms with Gasteiger partial charge in [-0.25, -0.2) is 0 Å². The normalized spacial score (nSPS) is 11.8. The number of nitrogens with one attached hydrogen (secondary N) is 1. The Hall–Kier alpha value is -2.86. The van der Waals surface area contributed by atoms with Crippen molar-refractivity contribution in [1.82, 2.24) is 9.80 Å². The van der Waals surface area contributed by atoms with Crippen molar-refractivity contribution >= 4 is 17.5 Å². The minimum absolute atomic E-state index is 0.0181. The molecular weight excluding hydrogens is 354 g/mol. The van der Waals surface area contributed by atoms with Gasteiger partial charge in [-0.3, -0.25) is 14.5 Å². The molecule has 0 radical (unpaired) electrons. The van der Waals surface area contributed by atoms with E-state index in [4.69, 9.17) is 4.74 Å². The van der Waals surface area contributed by atoms with E-state index < -0.39 is 0 Å². The average Bonchev–Trinajstić information content (AvgIpc) is 2.73. The van der Waals surface area contributed by atoms with Crippen molar-refractivity contribution in [2.24, 2.45) is 0 Å². The van der Waals surface area contributed by atoms with Crippen molar-refractivity contribution in [3.05, 3.63) is 60.2 Å². The topological polar surface area (TPSA) is 61.9 Å². The van der Waals surface area contributed by atoms with Crippen LogP contribution in [0.25, 0.3) is 0 Å². The predicted octanol–water partition coefficient (Wildman–Crippen LogP) is 3.18. The van der Waals surface area contributed by atoms with Gasteiger partial charge >= 0.3 is 0 Å². The number of amides is 2. The molecule has 2 aromatic rings. The fourth-order valence-corrected chi connectivity index (χ4v) is 2.83. The second kappa shape index (κ2) is 10.5. The van der Waals surface area contributed by atoms with Crippen LogP contribution in [0.2, 0.25) is 0 Å². The van der Waals surface area contributed by atoms with Crippen LogP contribution in [-0.2, 0) is 9.59 Å². The van der Waals surface area contributed by atoms with E-state index in [1.807, 2.05) is 49.1 Å². The molecule has 0 bridgehead atoms. The number of nitrogens with zero attached hydrogens (tertiary/aromatic N) is 2. The Kier molecular flexibility index (Phi) is 8.02. The van der Waals surface area contributed by atoms with Gasteiger partial charge in [0.15, 0.2) is 0 Å². The summed E-state index contributed by atoms with van der Waals surface area (Å²) in [5, 5.41) is 2.85. The molecule has 0 aliphatic carbocycles. The van der Waals surface area contributed by atoms with Gasteiger partial charge in [0.25, 0.3) is 0 Å². The van der Waals surface area contributed by atoms with Crippen LogP contribution in [0, 0.1) is 0 Å². The highest BCUT2D eigenvalue weighted by atomic mass is 16.5. The molecule has 0 heterocycles. The van der Waals surface area contributed by atoms with E-state index in [2.05, 4.69) is 5.32 Å². The van der Waals surface area contributed by atoms with E-state index in [0.29, 0.717) is 12.2 Å². The van der Waals surface area contributed by atoms with E-state index in [1.54, 1.807) is 43.3 Å². The molecule has 0 aliphatic heterocycles. The van der Waals surface area contributed by atoms with Crippen LogP contribution < -0.4 is 10.1 Å². The highest BCUT2D eigenvalue weighted by Crippen LogP contribution is 2.18. The van der Waals surface area contributed by atoms with Crippen molar-refractivity contribution in [3.8, 4) is 5.75 Å². The maximum Gasteiger partial charge on any atom is 0.238 e. The van der Waals surface area contributed by atoms with Crippen LogP contribution in [0.1, 0.15) is 25.5 Å². The van der Waals surface area contributed by atoms with Gasteiger partial charge in [0.05, 0.1) is 26.2 Å². The minimum Gasteiger partial charge on any atom is -0.497 e. The van der Waals surface area contributed by atoms with E-state index in [-0.39, 0.29) is 30.9 Å². The number of ether oxygens (including phenoxy) is 1. The lowest BCUT2D eigenvalue weighted by molar-refractivity contribution is -0.133. The summed E-state index contributed by atoms with van der Waals surface area (Å²) in [5.74, 6) is 0.559. The van der Waals surface area contributed by atoms with Crippen molar-refractivity contribution < 1.29 is 14.3 Å². The Morgan fingerprint density at radius 1 is 1.04 bits per heavy atom.